The molecule has 0 fully saturated rings. The quantitative estimate of drug-likeness (QED) is 0.373. The Balaban J connectivity index is 1.61. The van der Waals surface area contributed by atoms with Crippen molar-refractivity contribution in [2.24, 2.45) is 5.41 Å². The summed E-state index contributed by atoms with van der Waals surface area (Å²) in [7, 11) is 0. The van der Waals surface area contributed by atoms with E-state index in [1.54, 1.807) is 0 Å². The average Bonchev–Trinajstić information content (AvgIpc) is 3.27. The third-order valence-electron chi connectivity index (χ3n) is 5.27. The number of halogens is 1. The molecule has 2 aromatic heterocycles. The normalized spacial score (nSPS) is 13.2. The summed E-state index contributed by atoms with van der Waals surface area (Å²) in [6.45, 7) is 8.92. The Morgan fingerprint density at radius 3 is 2.41 bits per heavy atom. The van der Waals surface area contributed by atoms with E-state index in [1.165, 1.54) is 0 Å². The first-order valence-corrected chi connectivity index (χ1v) is 9.95. The molecule has 0 saturated carbocycles. The molecule has 0 saturated heterocycles. The SMILES string of the molecule is C[C@H](c1ncc(-c2ccc(-c3cc4ccc(Br)cc4o3)cc2)[nH]1)C(C)(C)C. The molecule has 4 heteroatoms. The number of aromatic amines is 1. The third-order valence-corrected chi connectivity index (χ3v) is 5.76. The summed E-state index contributed by atoms with van der Waals surface area (Å²) >= 11 is 3.49. The summed E-state index contributed by atoms with van der Waals surface area (Å²) in [4.78, 5) is 8.08. The molecule has 0 bridgehead atoms. The van der Waals surface area contributed by atoms with Crippen LogP contribution >= 0.6 is 15.9 Å². The highest BCUT2D eigenvalue weighted by Crippen LogP contribution is 2.34. The first-order valence-electron chi connectivity index (χ1n) is 9.16. The van der Waals surface area contributed by atoms with Crippen LogP contribution in [0.5, 0.6) is 0 Å². The minimum atomic E-state index is 0.176. The second-order valence-electron chi connectivity index (χ2n) is 8.14. The fraction of sp³-hybridized carbons (Fsp3) is 0.261. The minimum absolute atomic E-state index is 0.176. The largest absolute Gasteiger partial charge is 0.456 e. The Labute approximate surface area is 168 Å². The Hall–Kier alpha value is -2.33. The predicted molar refractivity (Wildman–Crippen MR) is 115 cm³/mol. The number of imidazole rings is 1. The predicted octanol–water partition coefficient (Wildman–Crippen LogP) is 7.40. The smallest absolute Gasteiger partial charge is 0.135 e. The number of hydrogen-bond donors (Lipinski definition) is 1. The van der Waals surface area contributed by atoms with Gasteiger partial charge in [0.1, 0.15) is 17.2 Å². The van der Waals surface area contributed by atoms with E-state index in [0.717, 1.165) is 43.8 Å². The molecule has 0 aliphatic carbocycles. The van der Waals surface area contributed by atoms with Crippen LogP contribution in [0.15, 0.2) is 63.6 Å². The van der Waals surface area contributed by atoms with Gasteiger partial charge in [0.25, 0.3) is 0 Å². The lowest BCUT2D eigenvalue weighted by Gasteiger charge is -2.25. The Bertz CT molecular complexity index is 1080. The van der Waals surface area contributed by atoms with Crippen molar-refractivity contribution < 1.29 is 4.42 Å². The van der Waals surface area contributed by atoms with E-state index in [-0.39, 0.29) is 5.41 Å². The van der Waals surface area contributed by atoms with Gasteiger partial charge in [-0.15, -0.1) is 0 Å². The topological polar surface area (TPSA) is 41.8 Å². The van der Waals surface area contributed by atoms with E-state index in [0.29, 0.717) is 5.92 Å². The molecule has 0 unspecified atom stereocenters. The molecule has 27 heavy (non-hydrogen) atoms. The average molecular weight is 423 g/mol. The van der Waals surface area contributed by atoms with Crippen LogP contribution in [-0.4, -0.2) is 9.97 Å². The molecule has 3 nitrogen and oxygen atoms in total. The maximum Gasteiger partial charge on any atom is 0.135 e. The lowest BCUT2D eigenvalue weighted by atomic mass is 9.82. The highest BCUT2D eigenvalue weighted by Gasteiger charge is 2.24. The van der Waals surface area contributed by atoms with Gasteiger partial charge in [0, 0.05) is 21.3 Å². The number of benzene rings is 2. The van der Waals surface area contributed by atoms with Crippen molar-refractivity contribution >= 4 is 26.9 Å². The van der Waals surface area contributed by atoms with Gasteiger partial charge in [-0.1, -0.05) is 67.9 Å². The van der Waals surface area contributed by atoms with Crippen LogP contribution in [0.4, 0.5) is 0 Å². The van der Waals surface area contributed by atoms with Crippen LogP contribution in [0.2, 0.25) is 0 Å². The first-order chi connectivity index (χ1) is 12.8. The van der Waals surface area contributed by atoms with Crippen molar-refractivity contribution in [2.75, 3.05) is 0 Å². The van der Waals surface area contributed by atoms with Crippen molar-refractivity contribution in [1.82, 2.24) is 9.97 Å². The van der Waals surface area contributed by atoms with Crippen LogP contribution in [-0.2, 0) is 0 Å². The molecule has 0 aliphatic heterocycles. The number of rotatable bonds is 3. The van der Waals surface area contributed by atoms with Crippen LogP contribution in [0.25, 0.3) is 33.6 Å². The van der Waals surface area contributed by atoms with Crippen molar-refractivity contribution in [3.63, 3.8) is 0 Å². The van der Waals surface area contributed by atoms with Gasteiger partial charge >= 0.3 is 0 Å². The molecule has 0 aliphatic rings. The van der Waals surface area contributed by atoms with Gasteiger partial charge in [-0.2, -0.15) is 0 Å². The summed E-state index contributed by atoms with van der Waals surface area (Å²) in [5.74, 6) is 2.27. The zero-order valence-corrected chi connectivity index (χ0v) is 17.6. The second-order valence-corrected chi connectivity index (χ2v) is 9.06. The van der Waals surface area contributed by atoms with Crippen molar-refractivity contribution in [1.29, 1.82) is 0 Å². The van der Waals surface area contributed by atoms with Gasteiger partial charge in [0.05, 0.1) is 11.9 Å². The number of fused-ring (bicyclic) bond motifs is 1. The maximum atomic E-state index is 6.00. The van der Waals surface area contributed by atoms with E-state index < -0.39 is 0 Å². The highest BCUT2D eigenvalue weighted by atomic mass is 79.9. The van der Waals surface area contributed by atoms with Gasteiger partial charge < -0.3 is 9.40 Å². The summed E-state index contributed by atoms with van der Waals surface area (Å²) < 4.78 is 7.02. The summed E-state index contributed by atoms with van der Waals surface area (Å²) in [5, 5.41) is 1.10. The Morgan fingerprint density at radius 1 is 1.00 bits per heavy atom. The minimum Gasteiger partial charge on any atom is -0.456 e. The molecule has 4 rings (SSSR count). The molecule has 0 spiro atoms. The van der Waals surface area contributed by atoms with Crippen LogP contribution < -0.4 is 0 Å². The highest BCUT2D eigenvalue weighted by molar-refractivity contribution is 9.10. The van der Waals surface area contributed by atoms with E-state index in [2.05, 4.69) is 90.0 Å². The van der Waals surface area contributed by atoms with Crippen LogP contribution in [0, 0.1) is 5.41 Å². The van der Waals surface area contributed by atoms with Crippen LogP contribution in [0.3, 0.4) is 0 Å². The fourth-order valence-electron chi connectivity index (χ4n) is 3.07. The second kappa shape index (κ2) is 6.68. The number of nitrogens with one attached hydrogen (secondary N) is 1. The summed E-state index contributed by atoms with van der Waals surface area (Å²) in [6.07, 6.45) is 1.92. The van der Waals surface area contributed by atoms with Crippen molar-refractivity contribution in [3.8, 4) is 22.6 Å². The molecule has 1 atom stereocenters. The summed E-state index contributed by atoms with van der Waals surface area (Å²) in [5.41, 5.74) is 4.29. The third kappa shape index (κ3) is 3.59. The molecule has 1 N–H and O–H groups in total. The number of H-pyrrole nitrogens is 1. The number of nitrogens with zero attached hydrogens (tertiary/aromatic N) is 1. The van der Waals surface area contributed by atoms with Gasteiger partial charge in [-0.25, -0.2) is 4.98 Å². The lowest BCUT2D eigenvalue weighted by Crippen LogP contribution is -2.16. The van der Waals surface area contributed by atoms with Crippen LogP contribution in [0.1, 0.15) is 39.4 Å². The molecular formula is C23H23BrN2O. The monoisotopic (exact) mass is 422 g/mol. The fourth-order valence-corrected chi connectivity index (χ4v) is 3.41. The van der Waals surface area contributed by atoms with Gasteiger partial charge in [-0.05, 0) is 35.2 Å². The van der Waals surface area contributed by atoms with Gasteiger partial charge in [0.2, 0.25) is 0 Å². The van der Waals surface area contributed by atoms with Gasteiger partial charge in [-0.3, -0.25) is 0 Å². The number of furan rings is 1. The molecule has 2 aromatic carbocycles. The van der Waals surface area contributed by atoms with Gasteiger partial charge in [0.15, 0.2) is 0 Å². The molecule has 0 amide bonds. The molecule has 0 radical (unpaired) electrons. The maximum absolute atomic E-state index is 6.00. The van der Waals surface area contributed by atoms with Crippen molar-refractivity contribution in [2.45, 2.75) is 33.6 Å². The van der Waals surface area contributed by atoms with E-state index >= 15 is 0 Å². The lowest BCUT2D eigenvalue weighted by molar-refractivity contribution is 0.329. The van der Waals surface area contributed by atoms with E-state index in [9.17, 15) is 0 Å². The van der Waals surface area contributed by atoms with E-state index in [4.69, 9.17) is 4.42 Å². The van der Waals surface area contributed by atoms with Crippen molar-refractivity contribution in [3.05, 3.63) is 65.0 Å². The Kier molecular flexibility index (Phi) is 4.47. The standard InChI is InChI=1S/C23H23BrN2O/c1-14(23(2,3)4)22-25-13-19(26-22)15-5-7-16(8-6-15)20-11-17-9-10-18(24)12-21(17)27-20/h5-14H,1-4H3,(H,25,26)/t14-/m1/s1. The zero-order chi connectivity index (χ0) is 19.2. The molecule has 4 aromatic rings. The Morgan fingerprint density at radius 2 is 1.70 bits per heavy atom. The summed E-state index contributed by atoms with van der Waals surface area (Å²) in [6, 6.07) is 16.6. The molecular weight excluding hydrogens is 400 g/mol. The van der Waals surface area contributed by atoms with E-state index in [1.807, 2.05) is 18.3 Å². The number of aromatic nitrogens is 2. The zero-order valence-electron chi connectivity index (χ0n) is 16.0. The number of hydrogen-bond acceptors (Lipinski definition) is 2. The first kappa shape index (κ1) is 18.1. The molecule has 138 valence electrons. The molecule has 2 heterocycles.